The molecule has 0 saturated carbocycles. The number of hydrogen-bond acceptors (Lipinski definition) is 4. The predicted octanol–water partition coefficient (Wildman–Crippen LogP) is 2.73. The first-order valence-corrected chi connectivity index (χ1v) is 9.84. The van der Waals surface area contributed by atoms with Gasteiger partial charge in [-0.2, -0.15) is 0 Å². The summed E-state index contributed by atoms with van der Waals surface area (Å²) in [4.78, 5) is 39.0. The number of nitrogens with zero attached hydrogens (tertiary/aromatic N) is 3. The lowest BCUT2D eigenvalue weighted by Gasteiger charge is -2.19. The maximum Gasteiger partial charge on any atom is 0.336 e. The zero-order valence-electron chi connectivity index (χ0n) is 17.5. The molecule has 0 fully saturated rings. The van der Waals surface area contributed by atoms with Gasteiger partial charge in [-0.25, -0.2) is 9.36 Å². The summed E-state index contributed by atoms with van der Waals surface area (Å²) in [5.41, 5.74) is 3.20. The molecule has 0 radical (unpaired) electrons. The van der Waals surface area contributed by atoms with Crippen molar-refractivity contribution in [2.45, 2.75) is 26.7 Å². The number of rotatable bonds is 3. The molecule has 3 aromatic rings. The van der Waals surface area contributed by atoms with Gasteiger partial charge >= 0.3 is 5.69 Å². The third kappa shape index (κ3) is 3.22. The lowest BCUT2D eigenvalue weighted by molar-refractivity contribution is 0.729. The minimum atomic E-state index is -0.499. The second kappa shape index (κ2) is 7.33. The summed E-state index contributed by atoms with van der Waals surface area (Å²) >= 11 is 0. The van der Waals surface area contributed by atoms with Crippen LogP contribution in [0.2, 0.25) is 0 Å². The molecule has 0 amide bonds. The molecule has 0 saturated heterocycles. The van der Waals surface area contributed by atoms with Crippen LogP contribution < -0.4 is 22.1 Å². The Kier molecular flexibility index (Phi) is 4.81. The molecular weight excluding hydrogens is 380 g/mol. The predicted molar refractivity (Wildman–Crippen MR) is 119 cm³/mol. The van der Waals surface area contributed by atoms with Gasteiger partial charge in [0.1, 0.15) is 11.0 Å². The summed E-state index contributed by atoms with van der Waals surface area (Å²) in [6, 6.07) is 8.83. The van der Waals surface area contributed by atoms with Gasteiger partial charge in [0.2, 0.25) is 0 Å². The lowest BCUT2D eigenvalue weighted by atomic mass is 10.0. The molecule has 1 aliphatic rings. The van der Waals surface area contributed by atoms with Crippen LogP contribution in [-0.4, -0.2) is 13.7 Å². The van der Waals surface area contributed by atoms with Crippen molar-refractivity contribution in [2.75, 3.05) is 5.32 Å². The molecule has 0 spiro atoms. The normalized spacial score (nSPS) is 13.9. The van der Waals surface area contributed by atoms with Crippen LogP contribution in [0.3, 0.4) is 0 Å². The minimum Gasteiger partial charge on any atom is -0.358 e. The van der Waals surface area contributed by atoms with Gasteiger partial charge in [0.25, 0.3) is 11.1 Å². The van der Waals surface area contributed by atoms with Crippen LogP contribution in [0, 0.1) is 6.92 Å². The number of anilines is 1. The maximum atomic E-state index is 13.1. The van der Waals surface area contributed by atoms with Crippen LogP contribution in [0.1, 0.15) is 25.3 Å². The maximum absolute atomic E-state index is 13.1. The number of benzene rings is 1. The van der Waals surface area contributed by atoms with Crippen molar-refractivity contribution < 1.29 is 0 Å². The molecule has 2 aromatic heterocycles. The van der Waals surface area contributed by atoms with E-state index < -0.39 is 11.2 Å². The van der Waals surface area contributed by atoms with E-state index in [0.29, 0.717) is 16.8 Å². The molecule has 0 bridgehead atoms. The van der Waals surface area contributed by atoms with Gasteiger partial charge in [0, 0.05) is 25.9 Å². The monoisotopic (exact) mass is 404 g/mol. The van der Waals surface area contributed by atoms with Gasteiger partial charge in [0.15, 0.2) is 0 Å². The van der Waals surface area contributed by atoms with Crippen molar-refractivity contribution in [1.29, 1.82) is 0 Å². The Morgan fingerprint density at radius 1 is 0.933 bits per heavy atom. The van der Waals surface area contributed by atoms with Gasteiger partial charge in [0.05, 0.1) is 11.4 Å². The third-order valence-corrected chi connectivity index (χ3v) is 5.53. The molecular formula is C23H24N4O3. The standard InChI is InChI=1S/C23H24N4O3/c1-14-8-10-16(11-9-14)24-18-13-19(28)25(3)21-20(18)22(29)26(4)23(30)27(21)17-7-5-6-15(2)12-17/h5-8,10,12-13,24H,9,11H2,1-4H3. The zero-order chi connectivity index (χ0) is 21.6. The third-order valence-electron chi connectivity index (χ3n) is 5.53. The smallest absolute Gasteiger partial charge is 0.336 e. The van der Waals surface area contributed by atoms with Gasteiger partial charge in [-0.3, -0.25) is 18.7 Å². The van der Waals surface area contributed by atoms with Gasteiger partial charge in [-0.05, 0) is 50.5 Å². The van der Waals surface area contributed by atoms with Crippen molar-refractivity contribution >= 4 is 16.7 Å². The Morgan fingerprint density at radius 3 is 2.37 bits per heavy atom. The van der Waals surface area contributed by atoms with Crippen molar-refractivity contribution in [1.82, 2.24) is 13.7 Å². The summed E-state index contributed by atoms with van der Waals surface area (Å²) in [5, 5.41) is 3.56. The quantitative estimate of drug-likeness (QED) is 0.728. The first-order chi connectivity index (χ1) is 14.3. The molecule has 0 atom stereocenters. The molecule has 0 aliphatic heterocycles. The summed E-state index contributed by atoms with van der Waals surface area (Å²) in [7, 11) is 3.03. The van der Waals surface area contributed by atoms with Gasteiger partial charge in [-0.15, -0.1) is 0 Å². The SMILES string of the molecule is CC1=CC=C(Nc2cc(=O)n(C)c3c2c(=O)n(C)c(=O)n3-c2cccc(C)c2)CC1. The molecule has 4 rings (SSSR count). The number of allylic oxidation sites excluding steroid dienone is 4. The van der Waals surface area contributed by atoms with E-state index in [1.807, 2.05) is 37.3 Å². The first kappa shape index (κ1) is 19.7. The summed E-state index contributed by atoms with van der Waals surface area (Å²) in [5.74, 6) is 0. The Morgan fingerprint density at radius 2 is 1.70 bits per heavy atom. The number of aromatic nitrogens is 3. The average Bonchev–Trinajstić information content (AvgIpc) is 2.71. The molecule has 30 heavy (non-hydrogen) atoms. The van der Waals surface area contributed by atoms with Crippen LogP contribution in [0.5, 0.6) is 0 Å². The second-order valence-electron chi connectivity index (χ2n) is 7.80. The Hall–Kier alpha value is -3.61. The fourth-order valence-electron chi connectivity index (χ4n) is 3.77. The van der Waals surface area contributed by atoms with E-state index in [2.05, 4.69) is 12.2 Å². The molecule has 7 nitrogen and oxygen atoms in total. The highest BCUT2D eigenvalue weighted by molar-refractivity contribution is 5.90. The Labute approximate surface area is 173 Å². The lowest BCUT2D eigenvalue weighted by Crippen LogP contribution is -2.40. The zero-order valence-corrected chi connectivity index (χ0v) is 17.5. The van der Waals surface area contributed by atoms with Crippen LogP contribution in [0.4, 0.5) is 5.69 Å². The second-order valence-corrected chi connectivity index (χ2v) is 7.80. The topological polar surface area (TPSA) is 78.0 Å². The summed E-state index contributed by atoms with van der Waals surface area (Å²) < 4.78 is 3.86. The molecule has 154 valence electrons. The van der Waals surface area contributed by atoms with Crippen molar-refractivity contribution in [3.8, 4) is 5.69 Å². The highest BCUT2D eigenvalue weighted by Gasteiger charge is 2.20. The van der Waals surface area contributed by atoms with Gasteiger partial charge in [-0.1, -0.05) is 23.8 Å². The van der Waals surface area contributed by atoms with E-state index in [1.165, 1.54) is 27.8 Å². The number of pyridine rings is 1. The molecule has 1 N–H and O–H groups in total. The van der Waals surface area contributed by atoms with E-state index in [1.54, 1.807) is 13.1 Å². The highest BCUT2D eigenvalue weighted by atomic mass is 16.2. The molecule has 1 aliphatic carbocycles. The number of aryl methyl sites for hydroxylation is 2. The number of nitrogens with one attached hydrogen (secondary N) is 1. The van der Waals surface area contributed by atoms with Crippen LogP contribution in [-0.2, 0) is 14.1 Å². The van der Waals surface area contributed by atoms with Crippen molar-refractivity contribution in [3.05, 3.63) is 90.5 Å². The van der Waals surface area contributed by atoms with Crippen LogP contribution >= 0.6 is 0 Å². The van der Waals surface area contributed by atoms with E-state index in [-0.39, 0.29) is 11.2 Å². The Balaban J connectivity index is 2.10. The van der Waals surface area contributed by atoms with Crippen LogP contribution in [0.25, 0.3) is 16.7 Å². The molecule has 1 aromatic carbocycles. The van der Waals surface area contributed by atoms with E-state index in [4.69, 9.17) is 0 Å². The highest BCUT2D eigenvalue weighted by Crippen LogP contribution is 2.24. The molecule has 2 heterocycles. The van der Waals surface area contributed by atoms with E-state index >= 15 is 0 Å². The summed E-state index contributed by atoms with van der Waals surface area (Å²) in [6.07, 6.45) is 5.68. The molecule has 0 unspecified atom stereocenters. The molecule has 7 heteroatoms. The van der Waals surface area contributed by atoms with Crippen molar-refractivity contribution in [3.63, 3.8) is 0 Å². The largest absolute Gasteiger partial charge is 0.358 e. The van der Waals surface area contributed by atoms with Crippen molar-refractivity contribution in [2.24, 2.45) is 14.1 Å². The Bertz CT molecular complexity index is 1420. The van der Waals surface area contributed by atoms with E-state index in [9.17, 15) is 14.4 Å². The number of fused-ring (bicyclic) bond motifs is 1. The van der Waals surface area contributed by atoms with Gasteiger partial charge < -0.3 is 5.32 Å². The fourth-order valence-corrected chi connectivity index (χ4v) is 3.77. The van der Waals surface area contributed by atoms with E-state index in [0.717, 1.165) is 28.7 Å². The van der Waals surface area contributed by atoms with Crippen LogP contribution in [0.15, 0.2) is 68.1 Å². The first-order valence-electron chi connectivity index (χ1n) is 9.84. The average molecular weight is 404 g/mol. The summed E-state index contributed by atoms with van der Waals surface area (Å²) in [6.45, 7) is 3.99. The fraction of sp³-hybridized carbons (Fsp3) is 0.261. The minimum absolute atomic E-state index is 0.270. The number of hydrogen-bond donors (Lipinski definition) is 1.